The highest BCUT2D eigenvalue weighted by molar-refractivity contribution is 5.76. The normalized spacial score (nSPS) is 21.4. The van der Waals surface area contributed by atoms with E-state index >= 15 is 0 Å². The first-order chi connectivity index (χ1) is 13.5. The molecule has 0 bridgehead atoms. The molecule has 2 aliphatic rings. The lowest BCUT2D eigenvalue weighted by Crippen LogP contribution is -2.42. The minimum Gasteiger partial charge on any atom is -0.376 e. The van der Waals surface area contributed by atoms with E-state index in [4.69, 9.17) is 14.7 Å². The van der Waals surface area contributed by atoms with Gasteiger partial charge in [0, 0.05) is 36.3 Å². The molecule has 1 fully saturated rings. The van der Waals surface area contributed by atoms with Crippen LogP contribution in [0.3, 0.4) is 0 Å². The molecular formula is C23H29N3O2. The van der Waals surface area contributed by atoms with Crippen molar-refractivity contribution in [1.82, 2.24) is 14.9 Å². The van der Waals surface area contributed by atoms with Crippen molar-refractivity contribution in [1.29, 1.82) is 0 Å². The molecule has 1 aromatic carbocycles. The Hall–Kier alpha value is -2.27. The molecule has 1 aromatic heterocycles. The van der Waals surface area contributed by atoms with Crippen molar-refractivity contribution in [2.75, 3.05) is 19.7 Å². The van der Waals surface area contributed by atoms with Gasteiger partial charge in [0.25, 0.3) is 0 Å². The summed E-state index contributed by atoms with van der Waals surface area (Å²) in [5.74, 6) is 1.57. The molecule has 2 aromatic rings. The maximum absolute atomic E-state index is 12.7. The number of fused-ring (bicyclic) bond motifs is 2. The highest BCUT2D eigenvalue weighted by Crippen LogP contribution is 2.40. The minimum absolute atomic E-state index is 0.210. The standard InChI is InChI=1S/C23H29N3O2/c1-16(2)9-10-20(27)26-12-11-23(14-26)15-28-13-19-17(3)24-22(25-21(19)23)18-7-5-4-6-8-18/h4-8,16H,9-15H2,1-3H3/t23-/m1/s1. The molecule has 148 valence electrons. The second-order valence-electron chi connectivity index (χ2n) is 8.60. The molecule has 4 rings (SSSR count). The van der Waals surface area contributed by atoms with Gasteiger partial charge in [0.1, 0.15) is 0 Å². The van der Waals surface area contributed by atoms with E-state index in [9.17, 15) is 4.79 Å². The van der Waals surface area contributed by atoms with E-state index in [-0.39, 0.29) is 11.3 Å². The Morgan fingerprint density at radius 2 is 2.04 bits per heavy atom. The smallest absolute Gasteiger partial charge is 0.222 e. The first kappa shape index (κ1) is 19.1. The number of carbonyl (C=O) groups excluding carboxylic acids is 1. The molecular weight excluding hydrogens is 350 g/mol. The zero-order valence-electron chi connectivity index (χ0n) is 17.1. The fraction of sp³-hybridized carbons (Fsp3) is 0.522. The average Bonchev–Trinajstić information content (AvgIpc) is 3.12. The second-order valence-corrected chi connectivity index (χ2v) is 8.60. The zero-order chi connectivity index (χ0) is 19.7. The Kier molecular flexibility index (Phi) is 5.19. The number of ether oxygens (including phenoxy) is 1. The van der Waals surface area contributed by atoms with E-state index < -0.39 is 0 Å². The summed E-state index contributed by atoms with van der Waals surface area (Å²) in [6.45, 7) is 9.02. The maximum Gasteiger partial charge on any atom is 0.222 e. The number of nitrogens with zero attached hydrogens (tertiary/aromatic N) is 3. The van der Waals surface area contributed by atoms with Gasteiger partial charge in [-0.3, -0.25) is 4.79 Å². The van der Waals surface area contributed by atoms with Gasteiger partial charge in [-0.1, -0.05) is 44.2 Å². The predicted octanol–water partition coefficient (Wildman–Crippen LogP) is 3.89. The highest BCUT2D eigenvalue weighted by atomic mass is 16.5. The molecule has 2 aliphatic heterocycles. The van der Waals surface area contributed by atoms with E-state index in [0.717, 1.165) is 47.7 Å². The number of likely N-dealkylation sites (tertiary alicyclic amines) is 1. The SMILES string of the molecule is Cc1nc(-c2ccccc2)nc2c1COC[C@]21CCN(C(=O)CCC(C)C)C1. The minimum atomic E-state index is -0.210. The molecule has 1 amide bonds. The van der Waals surface area contributed by atoms with Crippen molar-refractivity contribution in [3.05, 3.63) is 47.3 Å². The Bertz CT molecular complexity index is 866. The third kappa shape index (κ3) is 3.55. The quantitative estimate of drug-likeness (QED) is 0.809. The number of aromatic nitrogens is 2. The van der Waals surface area contributed by atoms with E-state index in [1.54, 1.807) is 0 Å². The van der Waals surface area contributed by atoms with Crippen LogP contribution >= 0.6 is 0 Å². The zero-order valence-corrected chi connectivity index (χ0v) is 17.1. The van der Waals surface area contributed by atoms with Crippen LogP contribution < -0.4 is 0 Å². The summed E-state index contributed by atoms with van der Waals surface area (Å²) in [5.41, 5.74) is 3.98. The molecule has 0 aliphatic carbocycles. The summed E-state index contributed by atoms with van der Waals surface area (Å²) in [5, 5.41) is 0. The molecule has 28 heavy (non-hydrogen) atoms. The highest BCUT2D eigenvalue weighted by Gasteiger charge is 2.46. The van der Waals surface area contributed by atoms with Crippen LogP contribution in [-0.4, -0.2) is 40.5 Å². The topological polar surface area (TPSA) is 55.3 Å². The molecule has 5 nitrogen and oxygen atoms in total. The van der Waals surface area contributed by atoms with Gasteiger partial charge in [-0.05, 0) is 25.7 Å². The monoisotopic (exact) mass is 379 g/mol. The number of carbonyl (C=O) groups is 1. The molecule has 0 N–H and O–H groups in total. The molecule has 3 heterocycles. The Labute approximate surface area is 167 Å². The number of hydrogen-bond donors (Lipinski definition) is 0. The lowest BCUT2D eigenvalue weighted by molar-refractivity contribution is -0.130. The van der Waals surface area contributed by atoms with E-state index in [0.29, 0.717) is 32.1 Å². The first-order valence-corrected chi connectivity index (χ1v) is 10.3. The lowest BCUT2D eigenvalue weighted by atomic mass is 9.80. The predicted molar refractivity (Wildman–Crippen MR) is 109 cm³/mol. The van der Waals surface area contributed by atoms with Crippen LogP contribution in [0.15, 0.2) is 30.3 Å². The van der Waals surface area contributed by atoms with Crippen molar-refractivity contribution in [3.63, 3.8) is 0 Å². The maximum atomic E-state index is 12.7. The van der Waals surface area contributed by atoms with Crippen molar-refractivity contribution < 1.29 is 9.53 Å². The van der Waals surface area contributed by atoms with Crippen LogP contribution in [0.5, 0.6) is 0 Å². The Balaban J connectivity index is 1.65. The van der Waals surface area contributed by atoms with E-state index in [2.05, 4.69) is 13.8 Å². The molecule has 1 saturated heterocycles. The third-order valence-electron chi connectivity index (χ3n) is 6.02. The largest absolute Gasteiger partial charge is 0.376 e. The summed E-state index contributed by atoms with van der Waals surface area (Å²) in [7, 11) is 0. The number of benzene rings is 1. The summed E-state index contributed by atoms with van der Waals surface area (Å²) >= 11 is 0. The van der Waals surface area contributed by atoms with Gasteiger partial charge in [0.05, 0.1) is 24.3 Å². The molecule has 5 heteroatoms. The molecule has 1 atom stereocenters. The third-order valence-corrected chi connectivity index (χ3v) is 6.02. The van der Waals surface area contributed by atoms with Gasteiger partial charge in [0.15, 0.2) is 5.82 Å². The lowest BCUT2D eigenvalue weighted by Gasteiger charge is -2.35. The van der Waals surface area contributed by atoms with Gasteiger partial charge < -0.3 is 9.64 Å². The van der Waals surface area contributed by atoms with Gasteiger partial charge in [-0.15, -0.1) is 0 Å². The van der Waals surface area contributed by atoms with Crippen LogP contribution in [0.25, 0.3) is 11.4 Å². The summed E-state index contributed by atoms with van der Waals surface area (Å²) in [6, 6.07) is 10.1. The number of rotatable bonds is 4. The molecule has 0 radical (unpaired) electrons. The molecule has 0 unspecified atom stereocenters. The van der Waals surface area contributed by atoms with Crippen molar-refractivity contribution in [3.8, 4) is 11.4 Å². The summed E-state index contributed by atoms with van der Waals surface area (Å²) in [6.07, 6.45) is 2.46. The van der Waals surface area contributed by atoms with Crippen LogP contribution in [0.4, 0.5) is 0 Å². The summed E-state index contributed by atoms with van der Waals surface area (Å²) < 4.78 is 5.97. The van der Waals surface area contributed by atoms with Crippen LogP contribution in [0.2, 0.25) is 0 Å². The van der Waals surface area contributed by atoms with E-state index in [1.807, 2.05) is 42.2 Å². The number of hydrogen-bond acceptors (Lipinski definition) is 4. The average molecular weight is 380 g/mol. The number of aryl methyl sites for hydroxylation is 1. The van der Waals surface area contributed by atoms with Crippen LogP contribution in [-0.2, 0) is 21.6 Å². The van der Waals surface area contributed by atoms with Crippen molar-refractivity contribution in [2.24, 2.45) is 5.92 Å². The van der Waals surface area contributed by atoms with Crippen LogP contribution in [0.1, 0.15) is 50.1 Å². The van der Waals surface area contributed by atoms with Crippen molar-refractivity contribution in [2.45, 2.75) is 52.1 Å². The Morgan fingerprint density at radius 1 is 1.25 bits per heavy atom. The van der Waals surface area contributed by atoms with Gasteiger partial charge in [0.2, 0.25) is 5.91 Å². The van der Waals surface area contributed by atoms with E-state index in [1.165, 1.54) is 0 Å². The Morgan fingerprint density at radius 3 is 2.79 bits per heavy atom. The van der Waals surface area contributed by atoms with Gasteiger partial charge in [-0.25, -0.2) is 9.97 Å². The molecule has 0 saturated carbocycles. The van der Waals surface area contributed by atoms with Crippen molar-refractivity contribution >= 4 is 5.91 Å². The number of amides is 1. The first-order valence-electron chi connectivity index (χ1n) is 10.3. The van der Waals surface area contributed by atoms with Gasteiger partial charge in [-0.2, -0.15) is 0 Å². The van der Waals surface area contributed by atoms with Gasteiger partial charge >= 0.3 is 0 Å². The summed E-state index contributed by atoms with van der Waals surface area (Å²) in [4.78, 5) is 24.5. The fourth-order valence-corrected chi connectivity index (χ4v) is 4.31. The fourth-order valence-electron chi connectivity index (χ4n) is 4.31. The molecule has 1 spiro atoms. The second kappa shape index (κ2) is 7.63. The van der Waals surface area contributed by atoms with Crippen LogP contribution in [0, 0.1) is 12.8 Å².